The van der Waals surface area contributed by atoms with Crippen LogP contribution >= 0.6 is 11.8 Å². The third-order valence-electron chi connectivity index (χ3n) is 5.72. The molecule has 1 aliphatic heterocycles. The number of rotatable bonds is 6. The van der Waals surface area contributed by atoms with E-state index in [0.29, 0.717) is 33.9 Å². The van der Waals surface area contributed by atoms with Crippen LogP contribution in [0.15, 0.2) is 58.5 Å². The number of fused-ring (bicyclic) bond motifs is 2. The summed E-state index contributed by atoms with van der Waals surface area (Å²) in [5.74, 6) is -0.529. The molecule has 2 aromatic carbocycles. The van der Waals surface area contributed by atoms with Gasteiger partial charge in [0, 0.05) is 13.2 Å². The highest BCUT2D eigenvalue weighted by Crippen LogP contribution is 2.38. The zero-order valence-corrected chi connectivity index (χ0v) is 19.6. The van der Waals surface area contributed by atoms with E-state index in [1.165, 1.54) is 21.2 Å². The van der Waals surface area contributed by atoms with Crippen LogP contribution < -0.4 is 15.8 Å². The Labute approximate surface area is 195 Å². The van der Waals surface area contributed by atoms with Crippen molar-refractivity contribution in [3.63, 3.8) is 0 Å². The molecule has 0 spiro atoms. The van der Waals surface area contributed by atoms with Crippen LogP contribution in [-0.2, 0) is 16.1 Å². The summed E-state index contributed by atoms with van der Waals surface area (Å²) in [7, 11) is 0. The van der Waals surface area contributed by atoms with Crippen molar-refractivity contribution in [3.05, 3.63) is 58.9 Å². The van der Waals surface area contributed by atoms with Gasteiger partial charge in [0.15, 0.2) is 5.16 Å². The SMILES string of the molecule is CC(Sc1nc2ccccc2c(=O)n1CCCO)C(=O)N1c2ccccc2NC(=O)C1(C)C. The van der Waals surface area contributed by atoms with Crippen molar-refractivity contribution in [2.75, 3.05) is 16.8 Å². The van der Waals surface area contributed by atoms with Crippen molar-refractivity contribution < 1.29 is 14.7 Å². The number of carbonyl (C=O) groups is 2. The first-order valence-electron chi connectivity index (χ1n) is 10.8. The number of nitrogens with one attached hydrogen (secondary N) is 1. The molecular weight excluding hydrogens is 440 g/mol. The zero-order valence-electron chi connectivity index (χ0n) is 18.7. The highest BCUT2D eigenvalue weighted by atomic mass is 32.2. The van der Waals surface area contributed by atoms with E-state index in [1.54, 1.807) is 57.2 Å². The van der Waals surface area contributed by atoms with E-state index < -0.39 is 10.8 Å². The van der Waals surface area contributed by atoms with Crippen LogP contribution in [0.2, 0.25) is 0 Å². The molecule has 8 nitrogen and oxygen atoms in total. The van der Waals surface area contributed by atoms with E-state index in [4.69, 9.17) is 0 Å². The molecule has 172 valence electrons. The average Bonchev–Trinajstić information content (AvgIpc) is 2.79. The fourth-order valence-electron chi connectivity index (χ4n) is 3.90. The number of thioether (sulfide) groups is 1. The monoisotopic (exact) mass is 466 g/mol. The molecule has 0 bridgehead atoms. The summed E-state index contributed by atoms with van der Waals surface area (Å²) in [6, 6.07) is 14.3. The maximum Gasteiger partial charge on any atom is 0.262 e. The summed E-state index contributed by atoms with van der Waals surface area (Å²) in [5, 5.41) is 12.4. The number of anilines is 2. The van der Waals surface area contributed by atoms with Crippen LogP contribution in [0.1, 0.15) is 27.2 Å². The van der Waals surface area contributed by atoms with Crippen molar-refractivity contribution in [1.29, 1.82) is 0 Å². The number of aromatic nitrogens is 2. The Balaban J connectivity index is 1.72. The van der Waals surface area contributed by atoms with Crippen LogP contribution in [0.5, 0.6) is 0 Å². The lowest BCUT2D eigenvalue weighted by molar-refractivity contribution is -0.126. The second-order valence-corrected chi connectivity index (χ2v) is 9.72. The first-order chi connectivity index (χ1) is 15.8. The summed E-state index contributed by atoms with van der Waals surface area (Å²) in [6.45, 7) is 5.39. The van der Waals surface area contributed by atoms with Crippen LogP contribution in [0, 0.1) is 0 Å². The minimum atomic E-state index is -1.09. The first kappa shape index (κ1) is 23.0. The van der Waals surface area contributed by atoms with Crippen molar-refractivity contribution in [3.8, 4) is 0 Å². The molecule has 0 saturated heterocycles. The van der Waals surface area contributed by atoms with Gasteiger partial charge in [-0.1, -0.05) is 36.0 Å². The van der Waals surface area contributed by atoms with E-state index >= 15 is 0 Å². The Hall–Kier alpha value is -3.17. The van der Waals surface area contributed by atoms with Gasteiger partial charge in [0.2, 0.25) is 11.8 Å². The number of aliphatic hydroxyl groups excluding tert-OH is 1. The van der Waals surface area contributed by atoms with E-state index in [-0.39, 0.29) is 30.5 Å². The number of nitrogens with zero attached hydrogens (tertiary/aromatic N) is 3. The minimum Gasteiger partial charge on any atom is -0.396 e. The number of hydrogen-bond acceptors (Lipinski definition) is 6. The quantitative estimate of drug-likeness (QED) is 0.427. The largest absolute Gasteiger partial charge is 0.396 e. The second kappa shape index (κ2) is 8.99. The van der Waals surface area contributed by atoms with Gasteiger partial charge in [0.1, 0.15) is 5.54 Å². The molecule has 2 N–H and O–H groups in total. The Bertz CT molecular complexity index is 1290. The maximum atomic E-state index is 13.7. The van der Waals surface area contributed by atoms with Gasteiger partial charge < -0.3 is 10.4 Å². The molecule has 1 aromatic heterocycles. The van der Waals surface area contributed by atoms with E-state index in [1.807, 2.05) is 12.1 Å². The lowest BCUT2D eigenvalue weighted by atomic mass is 9.96. The average molecular weight is 467 g/mol. The Morgan fingerprint density at radius 3 is 2.61 bits per heavy atom. The van der Waals surface area contributed by atoms with E-state index in [2.05, 4.69) is 10.3 Å². The number of aliphatic hydroxyl groups is 1. The van der Waals surface area contributed by atoms with Crippen LogP contribution in [0.4, 0.5) is 11.4 Å². The summed E-state index contributed by atoms with van der Waals surface area (Å²) in [5.41, 5.74) is 0.458. The van der Waals surface area contributed by atoms with Gasteiger partial charge in [0.25, 0.3) is 5.56 Å². The molecule has 2 amide bonds. The van der Waals surface area contributed by atoms with Gasteiger partial charge in [-0.2, -0.15) is 0 Å². The maximum absolute atomic E-state index is 13.7. The van der Waals surface area contributed by atoms with Gasteiger partial charge in [0.05, 0.1) is 27.5 Å². The van der Waals surface area contributed by atoms with Gasteiger partial charge >= 0.3 is 0 Å². The number of amides is 2. The Morgan fingerprint density at radius 2 is 1.85 bits per heavy atom. The topological polar surface area (TPSA) is 105 Å². The summed E-state index contributed by atoms with van der Waals surface area (Å²) >= 11 is 1.18. The summed E-state index contributed by atoms with van der Waals surface area (Å²) in [4.78, 5) is 45.7. The van der Waals surface area contributed by atoms with Crippen LogP contribution in [-0.4, -0.2) is 43.9 Å². The van der Waals surface area contributed by atoms with Crippen LogP contribution in [0.3, 0.4) is 0 Å². The molecular formula is C24H26N4O4S. The predicted octanol–water partition coefficient (Wildman–Crippen LogP) is 3.02. The molecule has 33 heavy (non-hydrogen) atoms. The Kier molecular flexibility index (Phi) is 6.27. The second-order valence-electron chi connectivity index (χ2n) is 8.41. The summed E-state index contributed by atoms with van der Waals surface area (Å²) in [6.07, 6.45) is 0.391. The fourth-order valence-corrected chi connectivity index (χ4v) is 4.88. The third kappa shape index (κ3) is 4.14. The standard InChI is InChI=1S/C24H26N4O4S/c1-15(20(30)28-19-12-7-6-11-18(19)25-22(32)24(28,2)3)33-23-26-17-10-5-4-9-16(17)21(31)27(23)13-8-14-29/h4-7,9-12,15,29H,8,13-14H2,1-3H3,(H,25,32). The van der Waals surface area contributed by atoms with E-state index in [0.717, 1.165) is 0 Å². The highest BCUT2D eigenvalue weighted by Gasteiger charge is 2.45. The lowest BCUT2D eigenvalue weighted by Gasteiger charge is -2.43. The molecule has 0 saturated carbocycles. The highest BCUT2D eigenvalue weighted by molar-refractivity contribution is 8.00. The van der Waals surface area contributed by atoms with Crippen molar-refractivity contribution >= 4 is 45.9 Å². The van der Waals surface area contributed by atoms with Crippen LogP contribution in [0.25, 0.3) is 10.9 Å². The molecule has 0 aliphatic carbocycles. The van der Waals surface area contributed by atoms with Crippen molar-refractivity contribution in [2.24, 2.45) is 0 Å². The molecule has 2 heterocycles. The lowest BCUT2D eigenvalue weighted by Crippen LogP contribution is -2.60. The van der Waals surface area contributed by atoms with Gasteiger partial charge in [-0.3, -0.25) is 23.9 Å². The molecule has 1 aliphatic rings. The van der Waals surface area contributed by atoms with E-state index in [9.17, 15) is 19.5 Å². The minimum absolute atomic E-state index is 0.0638. The molecule has 3 aromatic rings. The number of benzene rings is 2. The Morgan fingerprint density at radius 1 is 1.15 bits per heavy atom. The molecule has 4 rings (SSSR count). The third-order valence-corrected chi connectivity index (χ3v) is 6.80. The summed E-state index contributed by atoms with van der Waals surface area (Å²) < 4.78 is 1.51. The van der Waals surface area contributed by atoms with Crippen molar-refractivity contribution in [2.45, 2.75) is 49.7 Å². The zero-order chi connectivity index (χ0) is 23.8. The first-order valence-corrected chi connectivity index (χ1v) is 11.7. The number of hydrogen-bond donors (Lipinski definition) is 2. The molecule has 1 atom stereocenters. The molecule has 1 unspecified atom stereocenters. The number of carbonyl (C=O) groups excluding carboxylic acids is 2. The molecule has 9 heteroatoms. The van der Waals surface area contributed by atoms with Gasteiger partial charge in [-0.25, -0.2) is 4.98 Å². The van der Waals surface area contributed by atoms with Gasteiger partial charge in [-0.15, -0.1) is 0 Å². The smallest absolute Gasteiger partial charge is 0.262 e. The number of para-hydroxylation sites is 3. The molecule has 0 radical (unpaired) electrons. The molecule has 0 fully saturated rings. The van der Waals surface area contributed by atoms with Crippen molar-refractivity contribution in [1.82, 2.24) is 9.55 Å². The predicted molar refractivity (Wildman–Crippen MR) is 130 cm³/mol. The van der Waals surface area contributed by atoms with Gasteiger partial charge in [-0.05, 0) is 51.5 Å². The fraction of sp³-hybridized carbons (Fsp3) is 0.333. The normalized spacial score (nSPS) is 15.8.